The van der Waals surface area contributed by atoms with Crippen LogP contribution in [0.15, 0.2) is 48.7 Å². The summed E-state index contributed by atoms with van der Waals surface area (Å²) in [4.78, 5) is 0. The minimum atomic E-state index is 0.228. The summed E-state index contributed by atoms with van der Waals surface area (Å²) in [7, 11) is 1.93. The second kappa shape index (κ2) is 5.27. The van der Waals surface area contributed by atoms with E-state index in [1.165, 1.54) is 0 Å². The first-order valence-corrected chi connectivity index (χ1v) is 6.98. The van der Waals surface area contributed by atoms with Gasteiger partial charge in [-0.25, -0.2) is 4.68 Å². The van der Waals surface area contributed by atoms with E-state index in [0.29, 0.717) is 0 Å². The van der Waals surface area contributed by atoms with E-state index in [0.717, 1.165) is 27.2 Å². The first-order valence-electron chi connectivity index (χ1n) is 6.60. The zero-order valence-corrected chi connectivity index (χ0v) is 12.2. The molecule has 0 aliphatic carbocycles. The van der Waals surface area contributed by atoms with E-state index < -0.39 is 0 Å². The fraction of sp³-hybridized carbons (Fsp3) is 0.188. The van der Waals surface area contributed by atoms with Crippen LogP contribution in [0.25, 0.3) is 16.6 Å². The molecule has 2 aromatic carbocycles. The van der Waals surface area contributed by atoms with Gasteiger partial charge in [0.25, 0.3) is 0 Å². The SMILES string of the molecule is CNC(C)c1ccc(-n2ncc3ccccc32)cc1Cl. The molecule has 1 N–H and O–H groups in total. The number of nitrogens with zero attached hydrogens (tertiary/aromatic N) is 2. The van der Waals surface area contributed by atoms with E-state index in [4.69, 9.17) is 11.6 Å². The van der Waals surface area contributed by atoms with E-state index in [1.54, 1.807) is 0 Å². The Hall–Kier alpha value is -1.84. The van der Waals surface area contributed by atoms with Gasteiger partial charge in [0.1, 0.15) is 0 Å². The van der Waals surface area contributed by atoms with Crippen LogP contribution in [0.4, 0.5) is 0 Å². The summed E-state index contributed by atoms with van der Waals surface area (Å²) in [6, 6.07) is 14.4. The summed E-state index contributed by atoms with van der Waals surface area (Å²) in [5.74, 6) is 0. The summed E-state index contributed by atoms with van der Waals surface area (Å²) in [6.45, 7) is 2.09. The highest BCUT2D eigenvalue weighted by molar-refractivity contribution is 6.31. The van der Waals surface area contributed by atoms with Crippen LogP contribution in [0.1, 0.15) is 18.5 Å². The first kappa shape index (κ1) is 13.2. The molecule has 0 fully saturated rings. The van der Waals surface area contributed by atoms with Crippen LogP contribution in [0.2, 0.25) is 5.02 Å². The number of benzene rings is 2. The third-order valence-electron chi connectivity index (χ3n) is 3.61. The molecular weight excluding hydrogens is 270 g/mol. The van der Waals surface area contributed by atoms with Crippen LogP contribution in [-0.4, -0.2) is 16.8 Å². The number of hydrogen-bond acceptors (Lipinski definition) is 2. The van der Waals surface area contributed by atoms with Gasteiger partial charge in [-0.2, -0.15) is 5.10 Å². The Labute approximate surface area is 123 Å². The normalized spacial score (nSPS) is 12.8. The Kier molecular flexibility index (Phi) is 3.47. The van der Waals surface area contributed by atoms with E-state index >= 15 is 0 Å². The van der Waals surface area contributed by atoms with Gasteiger partial charge < -0.3 is 5.32 Å². The topological polar surface area (TPSA) is 29.9 Å². The van der Waals surface area contributed by atoms with Crippen molar-refractivity contribution in [2.45, 2.75) is 13.0 Å². The summed E-state index contributed by atoms with van der Waals surface area (Å²) in [6.07, 6.45) is 1.87. The maximum atomic E-state index is 6.39. The lowest BCUT2D eigenvalue weighted by atomic mass is 10.1. The van der Waals surface area contributed by atoms with Crippen molar-refractivity contribution in [1.29, 1.82) is 0 Å². The predicted molar refractivity (Wildman–Crippen MR) is 83.6 cm³/mol. The van der Waals surface area contributed by atoms with Crippen molar-refractivity contribution < 1.29 is 0 Å². The zero-order valence-electron chi connectivity index (χ0n) is 11.5. The number of nitrogens with one attached hydrogen (secondary N) is 1. The number of aromatic nitrogens is 2. The van der Waals surface area contributed by atoms with Crippen molar-refractivity contribution in [3.05, 3.63) is 59.2 Å². The quantitative estimate of drug-likeness (QED) is 0.789. The molecule has 0 saturated carbocycles. The molecule has 3 nitrogen and oxygen atoms in total. The fourth-order valence-electron chi connectivity index (χ4n) is 2.33. The van der Waals surface area contributed by atoms with Crippen molar-refractivity contribution >= 4 is 22.5 Å². The van der Waals surface area contributed by atoms with Crippen molar-refractivity contribution in [2.24, 2.45) is 0 Å². The van der Waals surface area contributed by atoms with Crippen molar-refractivity contribution in [2.75, 3.05) is 7.05 Å². The average Bonchev–Trinajstić information content (AvgIpc) is 2.90. The first-order chi connectivity index (χ1) is 9.70. The molecule has 0 radical (unpaired) electrons. The number of hydrogen-bond donors (Lipinski definition) is 1. The number of rotatable bonds is 3. The van der Waals surface area contributed by atoms with Crippen molar-refractivity contribution in [3.8, 4) is 5.69 Å². The Morgan fingerprint density at radius 3 is 2.75 bits per heavy atom. The third-order valence-corrected chi connectivity index (χ3v) is 3.93. The van der Waals surface area contributed by atoms with Crippen LogP contribution < -0.4 is 5.32 Å². The van der Waals surface area contributed by atoms with Gasteiger partial charge in [-0.15, -0.1) is 0 Å². The lowest BCUT2D eigenvalue weighted by Crippen LogP contribution is -2.13. The minimum Gasteiger partial charge on any atom is -0.313 e. The van der Waals surface area contributed by atoms with E-state index in [-0.39, 0.29) is 6.04 Å². The standard InChI is InChI=1S/C16H16ClN3/c1-11(18-2)14-8-7-13(9-15(14)17)20-16-6-4-3-5-12(16)10-19-20/h3-11,18H,1-2H3. The molecular formula is C16H16ClN3. The highest BCUT2D eigenvalue weighted by atomic mass is 35.5. The molecule has 0 spiro atoms. The van der Waals surface area contributed by atoms with Gasteiger partial charge in [0.15, 0.2) is 0 Å². The zero-order chi connectivity index (χ0) is 14.1. The third kappa shape index (κ3) is 2.19. The molecule has 0 bridgehead atoms. The molecule has 20 heavy (non-hydrogen) atoms. The molecule has 4 heteroatoms. The van der Waals surface area contributed by atoms with Gasteiger partial charge in [-0.1, -0.05) is 35.9 Å². The average molecular weight is 286 g/mol. The predicted octanol–water partition coefficient (Wildman–Crippen LogP) is 3.96. The number of fused-ring (bicyclic) bond motifs is 1. The van der Waals surface area contributed by atoms with Gasteiger partial charge in [0, 0.05) is 16.5 Å². The Morgan fingerprint density at radius 2 is 2.00 bits per heavy atom. The summed E-state index contributed by atoms with van der Waals surface area (Å²) in [5.41, 5.74) is 3.15. The molecule has 3 aromatic rings. The monoisotopic (exact) mass is 285 g/mol. The fourth-order valence-corrected chi connectivity index (χ4v) is 2.67. The van der Waals surface area contributed by atoms with E-state index in [1.807, 2.05) is 36.1 Å². The molecule has 1 unspecified atom stereocenters. The van der Waals surface area contributed by atoms with Gasteiger partial charge in [0.2, 0.25) is 0 Å². The number of para-hydroxylation sites is 1. The maximum Gasteiger partial charge on any atom is 0.0741 e. The highest BCUT2D eigenvalue weighted by Gasteiger charge is 2.10. The van der Waals surface area contributed by atoms with Gasteiger partial charge >= 0.3 is 0 Å². The molecule has 1 atom stereocenters. The van der Waals surface area contributed by atoms with Gasteiger partial charge in [-0.3, -0.25) is 0 Å². The second-order valence-corrected chi connectivity index (χ2v) is 5.24. The molecule has 1 aromatic heterocycles. The minimum absolute atomic E-state index is 0.228. The van der Waals surface area contributed by atoms with E-state index in [9.17, 15) is 0 Å². The lowest BCUT2D eigenvalue weighted by Gasteiger charge is -2.14. The molecule has 0 aliphatic rings. The Morgan fingerprint density at radius 1 is 1.20 bits per heavy atom. The van der Waals surface area contributed by atoms with Crippen LogP contribution >= 0.6 is 11.6 Å². The van der Waals surface area contributed by atoms with Crippen molar-refractivity contribution in [1.82, 2.24) is 15.1 Å². The van der Waals surface area contributed by atoms with Crippen LogP contribution in [-0.2, 0) is 0 Å². The van der Waals surface area contributed by atoms with Gasteiger partial charge in [-0.05, 0) is 37.7 Å². The van der Waals surface area contributed by atoms with Crippen LogP contribution in [0.5, 0.6) is 0 Å². The van der Waals surface area contributed by atoms with Crippen LogP contribution in [0.3, 0.4) is 0 Å². The van der Waals surface area contributed by atoms with Gasteiger partial charge in [0.05, 0.1) is 17.4 Å². The molecule has 1 heterocycles. The molecule has 102 valence electrons. The molecule has 3 rings (SSSR count). The molecule has 0 aliphatic heterocycles. The van der Waals surface area contributed by atoms with E-state index in [2.05, 4.69) is 41.6 Å². The summed E-state index contributed by atoms with van der Waals surface area (Å²) >= 11 is 6.39. The highest BCUT2D eigenvalue weighted by Crippen LogP contribution is 2.26. The number of halogens is 1. The largest absolute Gasteiger partial charge is 0.313 e. The van der Waals surface area contributed by atoms with Crippen molar-refractivity contribution in [3.63, 3.8) is 0 Å². The second-order valence-electron chi connectivity index (χ2n) is 4.83. The summed E-state index contributed by atoms with van der Waals surface area (Å²) < 4.78 is 1.91. The Balaban J connectivity index is 2.09. The Bertz CT molecular complexity index is 748. The lowest BCUT2D eigenvalue weighted by molar-refractivity contribution is 0.652. The summed E-state index contributed by atoms with van der Waals surface area (Å²) in [5, 5.41) is 9.52. The molecule has 0 amide bonds. The molecule has 0 saturated heterocycles. The maximum absolute atomic E-state index is 6.39. The van der Waals surface area contributed by atoms with Crippen LogP contribution in [0, 0.1) is 0 Å². The smallest absolute Gasteiger partial charge is 0.0741 e.